The van der Waals surface area contributed by atoms with Gasteiger partial charge >= 0.3 is 16.8 Å². The van der Waals surface area contributed by atoms with Crippen LogP contribution in [0.15, 0.2) is 34.3 Å². The molecule has 2 aromatic rings. The number of hydrogen-bond acceptors (Lipinski definition) is 8. The fourth-order valence-electron chi connectivity index (χ4n) is 4.07. The summed E-state index contributed by atoms with van der Waals surface area (Å²) in [6.07, 6.45) is 5.49. The van der Waals surface area contributed by atoms with Gasteiger partial charge in [-0.3, -0.25) is 9.98 Å². The molecule has 2 atom stereocenters. The molecule has 0 aliphatic rings. The van der Waals surface area contributed by atoms with E-state index in [0.29, 0.717) is 11.8 Å². The molecule has 0 saturated carbocycles. The predicted molar refractivity (Wildman–Crippen MR) is 172 cm³/mol. The number of hydrogen-bond donors (Lipinski definition) is 2. The van der Waals surface area contributed by atoms with Crippen molar-refractivity contribution in [2.75, 3.05) is 6.67 Å². The van der Waals surface area contributed by atoms with E-state index in [9.17, 15) is 10.2 Å². The fraction of sp³-hybridized carbons (Fsp3) is 0.543. The van der Waals surface area contributed by atoms with Crippen LogP contribution in [0.2, 0.25) is 0 Å². The van der Waals surface area contributed by atoms with Gasteiger partial charge in [-0.25, -0.2) is 0 Å². The molecule has 0 bridgehead atoms. The molecule has 0 aliphatic heterocycles. The SMILES string of the molecule is CC(=O)[O-].CC(=O)[O-].CCC(C)c1cc(C=NCN=Cc2cc(C(C)CC)cc(C(C)(C)C)c2O)c(O)c(C(C)(C)C)c1.[Co+2]. The summed E-state index contributed by atoms with van der Waals surface area (Å²) in [5.41, 5.74) is 5.39. The summed E-state index contributed by atoms with van der Waals surface area (Å²) in [5, 5.41) is 39.6. The summed E-state index contributed by atoms with van der Waals surface area (Å²) >= 11 is 0. The number of carbonyl (C=O) groups is 2. The minimum Gasteiger partial charge on any atom is -0.550 e. The Morgan fingerprint density at radius 2 is 1.00 bits per heavy atom. The molecule has 0 saturated heterocycles. The first-order valence-electron chi connectivity index (χ1n) is 14.8. The Kier molecular flexibility index (Phi) is 18.8. The van der Waals surface area contributed by atoms with Crippen LogP contribution in [0, 0.1) is 0 Å². The summed E-state index contributed by atoms with van der Waals surface area (Å²) in [7, 11) is 0. The van der Waals surface area contributed by atoms with Crippen molar-refractivity contribution in [1.29, 1.82) is 0 Å². The van der Waals surface area contributed by atoms with E-state index in [1.54, 1.807) is 12.4 Å². The third-order valence-electron chi connectivity index (χ3n) is 6.93. The molecule has 44 heavy (non-hydrogen) atoms. The van der Waals surface area contributed by atoms with Gasteiger partial charge in [-0.05, 0) is 72.6 Å². The second-order valence-corrected chi connectivity index (χ2v) is 12.9. The Morgan fingerprint density at radius 1 is 0.727 bits per heavy atom. The van der Waals surface area contributed by atoms with Crippen molar-refractivity contribution in [3.63, 3.8) is 0 Å². The quantitative estimate of drug-likeness (QED) is 0.348. The Labute approximate surface area is 275 Å². The first-order chi connectivity index (χ1) is 19.7. The molecule has 0 heterocycles. The number of rotatable bonds is 8. The van der Waals surface area contributed by atoms with Crippen LogP contribution in [0.4, 0.5) is 0 Å². The van der Waals surface area contributed by atoms with Gasteiger partial charge in [0.1, 0.15) is 18.2 Å². The molecule has 8 nitrogen and oxygen atoms in total. The summed E-state index contributed by atoms with van der Waals surface area (Å²) in [6, 6.07) is 8.31. The van der Waals surface area contributed by atoms with Crippen LogP contribution in [0.5, 0.6) is 11.5 Å². The van der Waals surface area contributed by atoms with Crippen LogP contribution >= 0.6 is 0 Å². The molecule has 247 valence electrons. The Hall–Kier alpha value is -3.17. The number of phenolic OH excluding ortho intramolecular Hbond substituents is 2. The smallest absolute Gasteiger partial charge is 0.550 e. The monoisotopic (exact) mass is 655 g/mol. The average Bonchev–Trinajstić information content (AvgIpc) is 2.87. The number of aliphatic carboxylic acids is 2. The molecular formula is C35H52CoN2O6. The largest absolute Gasteiger partial charge is 2.00 e. The molecule has 2 N–H and O–H groups in total. The molecule has 1 radical (unpaired) electrons. The molecule has 0 fully saturated rings. The molecule has 2 unspecified atom stereocenters. The Balaban J connectivity index is 0. The van der Waals surface area contributed by atoms with Gasteiger partial charge in [-0.15, -0.1) is 0 Å². The van der Waals surface area contributed by atoms with Gasteiger partial charge in [0.05, 0.1) is 0 Å². The zero-order valence-electron chi connectivity index (χ0n) is 28.5. The van der Waals surface area contributed by atoms with Gasteiger partial charge in [0, 0.05) is 46.6 Å². The van der Waals surface area contributed by atoms with Crippen molar-refractivity contribution in [3.05, 3.63) is 57.6 Å². The van der Waals surface area contributed by atoms with Crippen molar-refractivity contribution in [1.82, 2.24) is 0 Å². The van der Waals surface area contributed by atoms with E-state index in [4.69, 9.17) is 19.8 Å². The maximum atomic E-state index is 10.9. The molecule has 9 heteroatoms. The normalized spacial score (nSPS) is 12.8. The number of carboxylic acid groups (broad SMARTS) is 2. The maximum Gasteiger partial charge on any atom is 2.00 e. The van der Waals surface area contributed by atoms with Crippen LogP contribution in [0.1, 0.15) is 141 Å². The van der Waals surface area contributed by atoms with Crippen LogP contribution < -0.4 is 10.2 Å². The van der Waals surface area contributed by atoms with E-state index in [-0.39, 0.29) is 45.8 Å². The minimum absolute atomic E-state index is 0. The van der Waals surface area contributed by atoms with Crippen LogP contribution in [-0.4, -0.2) is 41.2 Å². The third kappa shape index (κ3) is 15.0. The molecule has 0 spiro atoms. The summed E-state index contributed by atoms with van der Waals surface area (Å²) in [5.74, 6) is -0.795. The number of carboxylic acids is 2. The van der Waals surface area contributed by atoms with E-state index < -0.39 is 11.9 Å². The minimum atomic E-state index is -1.08. The third-order valence-corrected chi connectivity index (χ3v) is 6.93. The molecule has 0 aliphatic carbocycles. The van der Waals surface area contributed by atoms with Gasteiger partial charge in [0.15, 0.2) is 0 Å². The number of aliphatic imine (C=N–C) groups is 2. The van der Waals surface area contributed by atoms with Crippen LogP contribution in [0.25, 0.3) is 0 Å². The van der Waals surface area contributed by atoms with Crippen molar-refractivity contribution in [3.8, 4) is 11.5 Å². The van der Waals surface area contributed by atoms with Crippen LogP contribution in [-0.2, 0) is 37.2 Å². The molecule has 0 amide bonds. The van der Waals surface area contributed by atoms with E-state index in [2.05, 4.69) is 91.4 Å². The zero-order chi connectivity index (χ0) is 33.7. The summed E-state index contributed by atoms with van der Waals surface area (Å²) in [6.45, 7) is 23.6. The summed E-state index contributed by atoms with van der Waals surface area (Å²) < 4.78 is 0. The molecular weight excluding hydrogens is 603 g/mol. The number of benzene rings is 2. The Morgan fingerprint density at radius 3 is 1.23 bits per heavy atom. The van der Waals surface area contributed by atoms with Gasteiger partial charge < -0.3 is 30.0 Å². The fourth-order valence-corrected chi connectivity index (χ4v) is 4.07. The van der Waals surface area contributed by atoms with Crippen molar-refractivity contribution in [2.45, 2.75) is 119 Å². The topological polar surface area (TPSA) is 145 Å². The molecule has 2 aromatic carbocycles. The first-order valence-corrected chi connectivity index (χ1v) is 14.8. The predicted octanol–water partition coefficient (Wildman–Crippen LogP) is 5.73. The second kappa shape index (κ2) is 19.3. The van der Waals surface area contributed by atoms with E-state index in [1.807, 2.05) is 12.1 Å². The van der Waals surface area contributed by atoms with Crippen molar-refractivity contribution >= 4 is 24.4 Å². The molecule has 0 aromatic heterocycles. The van der Waals surface area contributed by atoms with E-state index in [0.717, 1.165) is 48.9 Å². The average molecular weight is 656 g/mol. The van der Waals surface area contributed by atoms with E-state index in [1.165, 1.54) is 11.1 Å². The number of nitrogens with zero attached hydrogens (tertiary/aromatic N) is 2. The zero-order valence-corrected chi connectivity index (χ0v) is 29.5. The van der Waals surface area contributed by atoms with Crippen LogP contribution in [0.3, 0.4) is 0 Å². The summed E-state index contributed by atoms with van der Waals surface area (Å²) in [4.78, 5) is 26.7. The second-order valence-electron chi connectivity index (χ2n) is 12.9. The van der Waals surface area contributed by atoms with Gasteiger partial charge in [-0.1, -0.05) is 81.4 Å². The number of phenols is 2. The number of carbonyl (C=O) groups excluding carboxylic acids is 2. The van der Waals surface area contributed by atoms with E-state index >= 15 is 0 Å². The van der Waals surface area contributed by atoms with Gasteiger partial charge in [0.2, 0.25) is 0 Å². The van der Waals surface area contributed by atoms with Crippen molar-refractivity contribution in [2.24, 2.45) is 9.98 Å². The molecule has 2 rings (SSSR count). The van der Waals surface area contributed by atoms with Crippen molar-refractivity contribution < 1.29 is 46.8 Å². The van der Waals surface area contributed by atoms with Gasteiger partial charge in [-0.2, -0.15) is 0 Å². The number of aromatic hydroxyl groups is 2. The van der Waals surface area contributed by atoms with Gasteiger partial charge in [0.25, 0.3) is 0 Å². The maximum absolute atomic E-state index is 10.9. The first kappa shape index (κ1) is 43.0. The standard InChI is InChI=1S/C31H46N2O2.2C2H4O2.Co/c1-11-20(3)22-13-24(28(34)26(15-22)30(5,6)7)17-32-19-33-18-25-14-23(21(4)12-2)16-27(29(25)35)31(8,9)10;2*1-2(3)4;/h13-18,20-21,34-35H,11-12,19H2,1-10H3;2*1H3,(H,3,4);/q;;;+2/p-2. The Bertz CT molecular complexity index is 1170.